The van der Waals surface area contributed by atoms with E-state index in [2.05, 4.69) is 30.7 Å². The highest BCUT2D eigenvalue weighted by Gasteiger charge is 2.32. The molecular formula is C21H21F3N6O3. The Morgan fingerprint density at radius 2 is 2.09 bits per heavy atom. The Hall–Kier alpha value is -3.83. The summed E-state index contributed by atoms with van der Waals surface area (Å²) in [5, 5.41) is 7.84. The molecule has 9 nitrogen and oxygen atoms in total. The second-order valence-electron chi connectivity index (χ2n) is 7.63. The van der Waals surface area contributed by atoms with Crippen molar-refractivity contribution in [1.82, 2.24) is 25.5 Å². The lowest BCUT2D eigenvalue weighted by Gasteiger charge is -2.21. The molecule has 3 amide bonds. The standard InChI is InChI=1S/C21H21F3N6O3/c1-11(12-4-3-5-15(8-12)33-21(22,23)24)30-14(9-16-19(31)29-20(32)28-16)10-26-18(30)17(25-2)27-13-6-7-13/h3-5,8-11,13H,6-7H2,1-2H3,(H,25,27)(H2,28,29,31,32)/b16-9-. The number of benzene rings is 1. The number of nitrogens with one attached hydrogen (secondary N) is 3. The first-order valence-electron chi connectivity index (χ1n) is 10.2. The molecule has 0 bridgehead atoms. The largest absolute Gasteiger partial charge is 0.573 e. The van der Waals surface area contributed by atoms with Gasteiger partial charge in [0.15, 0.2) is 11.7 Å². The Labute approximate surface area is 186 Å². The van der Waals surface area contributed by atoms with Crippen LogP contribution >= 0.6 is 0 Å². The Kier molecular flexibility index (Phi) is 5.83. The van der Waals surface area contributed by atoms with Crippen LogP contribution in [0.1, 0.15) is 42.9 Å². The van der Waals surface area contributed by atoms with Crippen LogP contribution in [0.3, 0.4) is 0 Å². The molecule has 1 unspecified atom stereocenters. The van der Waals surface area contributed by atoms with E-state index in [4.69, 9.17) is 0 Å². The van der Waals surface area contributed by atoms with E-state index in [1.807, 2.05) is 0 Å². The predicted octanol–water partition coefficient (Wildman–Crippen LogP) is 2.70. The third-order valence-corrected chi connectivity index (χ3v) is 5.15. The molecule has 1 saturated carbocycles. The number of carbonyl (C=O) groups excluding carboxylic acids is 2. The fraction of sp³-hybridized carbons (Fsp3) is 0.333. The summed E-state index contributed by atoms with van der Waals surface area (Å²) in [6.07, 6.45) is 0.131. The molecule has 1 aromatic carbocycles. The SMILES string of the molecule is C/N=C(/NC1CC1)c1ncc(/C=C2\NC(=O)NC2=O)n1C(C)c1cccc(OC(F)(F)F)c1. The average Bonchev–Trinajstić information content (AvgIpc) is 3.38. The van der Waals surface area contributed by atoms with Gasteiger partial charge in [0.05, 0.1) is 17.9 Å². The quantitative estimate of drug-likeness (QED) is 0.265. The zero-order valence-electron chi connectivity index (χ0n) is 17.7. The van der Waals surface area contributed by atoms with E-state index in [1.54, 1.807) is 24.6 Å². The van der Waals surface area contributed by atoms with E-state index in [1.165, 1.54) is 30.5 Å². The number of nitrogens with zero attached hydrogens (tertiary/aromatic N) is 3. The van der Waals surface area contributed by atoms with E-state index in [0.29, 0.717) is 22.9 Å². The van der Waals surface area contributed by atoms with Gasteiger partial charge in [-0.2, -0.15) is 0 Å². The highest BCUT2D eigenvalue weighted by Crippen LogP contribution is 2.29. The molecule has 0 radical (unpaired) electrons. The number of rotatable bonds is 6. The maximum atomic E-state index is 12.7. The predicted molar refractivity (Wildman–Crippen MR) is 112 cm³/mol. The number of hydrogen-bond acceptors (Lipinski definition) is 5. The summed E-state index contributed by atoms with van der Waals surface area (Å²) in [6.45, 7) is 1.78. The van der Waals surface area contributed by atoms with Gasteiger partial charge >= 0.3 is 12.4 Å². The molecule has 2 aliphatic rings. The second kappa shape index (κ2) is 8.60. The summed E-state index contributed by atoms with van der Waals surface area (Å²) >= 11 is 0. The van der Waals surface area contributed by atoms with Gasteiger partial charge in [-0.1, -0.05) is 12.1 Å². The first-order chi connectivity index (χ1) is 15.6. The highest BCUT2D eigenvalue weighted by molar-refractivity contribution is 6.14. The molecule has 174 valence electrons. The number of ether oxygens (including phenoxy) is 1. The fourth-order valence-corrected chi connectivity index (χ4v) is 3.46. The van der Waals surface area contributed by atoms with Crippen molar-refractivity contribution in [1.29, 1.82) is 0 Å². The van der Waals surface area contributed by atoms with Gasteiger partial charge in [-0.05, 0) is 43.5 Å². The van der Waals surface area contributed by atoms with Crippen LogP contribution in [-0.2, 0) is 4.79 Å². The van der Waals surface area contributed by atoms with Gasteiger partial charge in [0.2, 0.25) is 0 Å². The molecule has 1 aliphatic heterocycles. The van der Waals surface area contributed by atoms with Gasteiger partial charge in [-0.15, -0.1) is 13.2 Å². The molecule has 1 aromatic heterocycles. The van der Waals surface area contributed by atoms with Gasteiger partial charge in [0, 0.05) is 13.1 Å². The molecule has 12 heteroatoms. The number of aliphatic imine (C=N–C) groups is 1. The van der Waals surface area contributed by atoms with Crippen LogP contribution in [0, 0.1) is 0 Å². The first kappa shape index (κ1) is 22.4. The number of amides is 3. The Morgan fingerprint density at radius 3 is 2.70 bits per heavy atom. The van der Waals surface area contributed by atoms with E-state index < -0.39 is 24.3 Å². The lowest BCUT2D eigenvalue weighted by atomic mass is 10.1. The first-order valence-corrected chi connectivity index (χ1v) is 10.2. The topological polar surface area (TPSA) is 110 Å². The molecule has 2 fully saturated rings. The monoisotopic (exact) mass is 462 g/mol. The fourth-order valence-electron chi connectivity index (χ4n) is 3.46. The number of carbonyl (C=O) groups is 2. The maximum Gasteiger partial charge on any atom is 0.573 e. The van der Waals surface area contributed by atoms with Gasteiger partial charge in [-0.3, -0.25) is 15.1 Å². The number of urea groups is 1. The molecule has 1 saturated heterocycles. The Balaban J connectivity index is 1.76. The van der Waals surface area contributed by atoms with Crippen molar-refractivity contribution in [2.75, 3.05) is 7.05 Å². The van der Waals surface area contributed by atoms with Crippen LogP contribution in [-0.4, -0.2) is 46.8 Å². The molecule has 1 aliphatic carbocycles. The number of imide groups is 1. The number of amidine groups is 1. The smallest absolute Gasteiger partial charge is 0.406 e. The van der Waals surface area contributed by atoms with Crippen molar-refractivity contribution in [2.45, 2.75) is 38.2 Å². The van der Waals surface area contributed by atoms with Gasteiger partial charge < -0.3 is 19.9 Å². The van der Waals surface area contributed by atoms with Crippen LogP contribution < -0.4 is 20.7 Å². The van der Waals surface area contributed by atoms with Crippen molar-refractivity contribution in [3.05, 3.63) is 53.2 Å². The second-order valence-corrected chi connectivity index (χ2v) is 7.63. The molecule has 3 N–H and O–H groups in total. The van der Waals surface area contributed by atoms with Gasteiger partial charge in [0.25, 0.3) is 5.91 Å². The van der Waals surface area contributed by atoms with Gasteiger partial charge in [0.1, 0.15) is 11.4 Å². The number of halogens is 3. The third-order valence-electron chi connectivity index (χ3n) is 5.15. The number of hydrogen-bond donors (Lipinski definition) is 3. The minimum Gasteiger partial charge on any atom is -0.406 e. The zero-order valence-corrected chi connectivity index (χ0v) is 17.7. The molecule has 2 heterocycles. The highest BCUT2D eigenvalue weighted by atomic mass is 19.4. The van der Waals surface area contributed by atoms with Crippen molar-refractivity contribution in [3.8, 4) is 5.75 Å². The number of aromatic nitrogens is 2. The molecule has 33 heavy (non-hydrogen) atoms. The summed E-state index contributed by atoms with van der Waals surface area (Å²) in [5.41, 5.74) is 0.988. The summed E-state index contributed by atoms with van der Waals surface area (Å²) in [4.78, 5) is 32.3. The van der Waals surface area contributed by atoms with Gasteiger partial charge in [-0.25, -0.2) is 9.78 Å². The van der Waals surface area contributed by atoms with Crippen LogP contribution in [0.25, 0.3) is 6.08 Å². The summed E-state index contributed by atoms with van der Waals surface area (Å²) < 4.78 is 43.9. The lowest BCUT2D eigenvalue weighted by molar-refractivity contribution is -0.274. The molecule has 2 aromatic rings. The molecule has 0 spiro atoms. The average molecular weight is 462 g/mol. The minimum atomic E-state index is -4.82. The Bertz CT molecular complexity index is 1150. The van der Waals surface area contributed by atoms with Crippen LogP contribution in [0.4, 0.5) is 18.0 Å². The van der Waals surface area contributed by atoms with Crippen molar-refractivity contribution in [2.24, 2.45) is 4.99 Å². The Morgan fingerprint density at radius 1 is 1.33 bits per heavy atom. The van der Waals surface area contributed by atoms with E-state index in [0.717, 1.165) is 12.8 Å². The van der Waals surface area contributed by atoms with Crippen LogP contribution in [0.5, 0.6) is 5.75 Å². The van der Waals surface area contributed by atoms with Crippen LogP contribution in [0.15, 0.2) is 41.2 Å². The third kappa shape index (κ3) is 5.16. The molecule has 4 rings (SSSR count). The van der Waals surface area contributed by atoms with E-state index in [9.17, 15) is 22.8 Å². The lowest BCUT2D eigenvalue weighted by Crippen LogP contribution is -2.30. The summed E-state index contributed by atoms with van der Waals surface area (Å²) in [7, 11) is 1.61. The molecular weight excluding hydrogens is 441 g/mol. The van der Waals surface area contributed by atoms with Crippen LogP contribution in [0.2, 0.25) is 0 Å². The van der Waals surface area contributed by atoms with Crippen molar-refractivity contribution < 1.29 is 27.5 Å². The number of alkyl halides is 3. The summed E-state index contributed by atoms with van der Waals surface area (Å²) in [5.74, 6) is 0.00610. The van der Waals surface area contributed by atoms with Crippen molar-refractivity contribution in [3.63, 3.8) is 0 Å². The zero-order chi connectivity index (χ0) is 23.8. The maximum absolute atomic E-state index is 12.7. The number of imidazole rings is 1. The van der Waals surface area contributed by atoms with Crippen molar-refractivity contribution >= 4 is 23.8 Å². The molecule has 1 atom stereocenters. The normalized spacial score (nSPS) is 18.8. The minimum absolute atomic E-state index is 0.0270. The van der Waals surface area contributed by atoms with E-state index in [-0.39, 0.29) is 17.5 Å². The van der Waals surface area contributed by atoms with E-state index >= 15 is 0 Å². The summed E-state index contributed by atoms with van der Waals surface area (Å²) in [6, 6.07) is 4.74.